The average molecular weight is 604 g/mol. The molecule has 1 aliphatic rings. The van der Waals surface area contributed by atoms with Gasteiger partial charge in [0.1, 0.15) is 16.9 Å². The molecule has 0 N–H and O–H groups in total. The number of hydrogen-bond acceptors (Lipinski definition) is 5. The van der Waals surface area contributed by atoms with Crippen molar-refractivity contribution in [2.24, 2.45) is 0 Å². The molecule has 0 saturated carbocycles. The fraction of sp³-hybridized carbons (Fsp3) is 0.452. The van der Waals surface area contributed by atoms with Crippen LogP contribution in [-0.2, 0) is 35.4 Å². The summed E-state index contributed by atoms with van der Waals surface area (Å²) >= 11 is 0. The van der Waals surface area contributed by atoms with E-state index >= 15 is 13.2 Å². The third-order valence-corrected chi connectivity index (χ3v) is 9.78. The number of ether oxygens (including phenoxy) is 1. The number of halogens is 3. The lowest BCUT2D eigenvalue weighted by Gasteiger charge is -2.42. The van der Waals surface area contributed by atoms with Gasteiger partial charge in [-0.05, 0) is 70.9 Å². The van der Waals surface area contributed by atoms with Crippen molar-refractivity contribution in [3.8, 4) is 0 Å². The van der Waals surface area contributed by atoms with Crippen molar-refractivity contribution in [1.29, 1.82) is 0 Å². The van der Waals surface area contributed by atoms with E-state index < -0.39 is 63.2 Å². The Hall–Kier alpha value is -2.73. The topological polar surface area (TPSA) is 65.1 Å². The van der Waals surface area contributed by atoms with Gasteiger partial charge in [-0.1, -0.05) is 66.7 Å². The van der Waals surface area contributed by atoms with Gasteiger partial charge < -0.3 is 14.0 Å². The Morgan fingerprint density at radius 3 is 1.90 bits per heavy atom. The van der Waals surface area contributed by atoms with E-state index in [4.69, 9.17) is 14.0 Å². The van der Waals surface area contributed by atoms with Crippen LogP contribution < -0.4 is 0 Å². The Morgan fingerprint density at radius 2 is 1.40 bits per heavy atom. The molecule has 0 aromatic heterocycles. The Labute approximate surface area is 248 Å². The summed E-state index contributed by atoms with van der Waals surface area (Å²) in [6.07, 6.45) is -5.22. The number of benzene rings is 3. The highest BCUT2D eigenvalue weighted by Crippen LogP contribution is 2.48. The molecule has 0 aliphatic carbocycles. The van der Waals surface area contributed by atoms with Gasteiger partial charge in [0.15, 0.2) is 0 Å². The SMILES string of the molecule is CO[C@@](C(=O)N([C@H](B1OC(C)(C)C(C)(C)O1)c1ccc2ccccc2c1)[S@](=O)C(C)(C)C)(c1ccccc1)C(F)(F)F. The number of fused-ring (bicyclic) bond motifs is 1. The van der Waals surface area contributed by atoms with Crippen molar-refractivity contribution >= 4 is 34.8 Å². The van der Waals surface area contributed by atoms with E-state index in [0.717, 1.165) is 22.2 Å². The first kappa shape index (κ1) is 32.2. The number of carbonyl (C=O) groups excluding carboxylic acids is 1. The van der Waals surface area contributed by atoms with Crippen LogP contribution in [-0.4, -0.2) is 50.8 Å². The van der Waals surface area contributed by atoms with E-state index in [2.05, 4.69) is 0 Å². The second-order valence-corrected chi connectivity index (χ2v) is 14.5. The molecule has 0 unspecified atom stereocenters. The van der Waals surface area contributed by atoms with Gasteiger partial charge in [0.25, 0.3) is 11.5 Å². The van der Waals surface area contributed by atoms with Gasteiger partial charge in [0.2, 0.25) is 0 Å². The summed E-state index contributed by atoms with van der Waals surface area (Å²) in [5, 5.41) is 1.66. The minimum absolute atomic E-state index is 0.401. The van der Waals surface area contributed by atoms with Crippen LogP contribution in [0.2, 0.25) is 0 Å². The highest BCUT2D eigenvalue weighted by atomic mass is 32.2. The average Bonchev–Trinajstić information content (AvgIpc) is 3.12. The van der Waals surface area contributed by atoms with Crippen molar-refractivity contribution in [3.63, 3.8) is 0 Å². The van der Waals surface area contributed by atoms with Gasteiger partial charge in [-0.3, -0.25) is 9.10 Å². The predicted molar refractivity (Wildman–Crippen MR) is 159 cm³/mol. The molecule has 1 heterocycles. The summed E-state index contributed by atoms with van der Waals surface area (Å²) in [5.74, 6) is -2.88. The summed E-state index contributed by atoms with van der Waals surface area (Å²) in [7, 11) is -2.76. The maximum absolute atomic E-state index is 15.2. The van der Waals surface area contributed by atoms with Gasteiger partial charge in [0, 0.05) is 12.7 Å². The smallest absolute Gasteiger partial charge is 0.402 e. The first-order valence-corrected chi connectivity index (χ1v) is 14.8. The molecule has 0 bridgehead atoms. The lowest BCUT2D eigenvalue weighted by molar-refractivity contribution is -0.268. The molecule has 1 saturated heterocycles. The van der Waals surface area contributed by atoms with Crippen molar-refractivity contribution in [3.05, 3.63) is 83.9 Å². The lowest BCUT2D eigenvalue weighted by atomic mass is 9.73. The second kappa shape index (κ2) is 11.1. The minimum Gasteiger partial charge on any atom is -0.402 e. The molecule has 226 valence electrons. The zero-order valence-electron chi connectivity index (χ0n) is 25.1. The van der Waals surface area contributed by atoms with Gasteiger partial charge in [0.05, 0.1) is 15.9 Å². The summed E-state index contributed by atoms with van der Waals surface area (Å²) in [4.78, 5) is 14.7. The van der Waals surface area contributed by atoms with Crippen molar-refractivity contribution in [1.82, 2.24) is 4.31 Å². The van der Waals surface area contributed by atoms with Gasteiger partial charge >= 0.3 is 13.3 Å². The van der Waals surface area contributed by atoms with E-state index in [9.17, 15) is 9.00 Å². The quantitative estimate of drug-likeness (QED) is 0.275. The van der Waals surface area contributed by atoms with Crippen LogP contribution in [0.3, 0.4) is 0 Å². The molecule has 1 fully saturated rings. The van der Waals surface area contributed by atoms with E-state index in [-0.39, 0.29) is 0 Å². The first-order valence-electron chi connectivity index (χ1n) is 13.6. The molecule has 3 atom stereocenters. The molecule has 1 aliphatic heterocycles. The Balaban J connectivity index is 2.04. The number of nitrogens with zero attached hydrogens (tertiary/aromatic N) is 1. The van der Waals surface area contributed by atoms with Crippen LogP contribution in [0.5, 0.6) is 0 Å². The second-order valence-electron chi connectivity index (χ2n) is 12.4. The Bertz CT molecular complexity index is 1460. The lowest BCUT2D eigenvalue weighted by Crippen LogP contribution is -2.61. The highest BCUT2D eigenvalue weighted by molar-refractivity contribution is 7.84. The third-order valence-electron chi connectivity index (χ3n) is 7.99. The van der Waals surface area contributed by atoms with Crippen molar-refractivity contribution in [2.75, 3.05) is 7.11 Å². The normalized spacial score (nSPS) is 19.7. The number of rotatable bonds is 7. The number of hydrogen-bond donors (Lipinski definition) is 0. The van der Waals surface area contributed by atoms with Gasteiger partial charge in [-0.15, -0.1) is 0 Å². The van der Waals surface area contributed by atoms with E-state index in [1.807, 2.05) is 24.3 Å². The Morgan fingerprint density at radius 1 is 0.881 bits per heavy atom. The van der Waals surface area contributed by atoms with Crippen molar-refractivity contribution in [2.45, 2.75) is 82.1 Å². The zero-order chi connectivity index (χ0) is 31.3. The van der Waals surface area contributed by atoms with Crippen LogP contribution in [0.4, 0.5) is 13.2 Å². The third kappa shape index (κ3) is 5.52. The predicted octanol–water partition coefficient (Wildman–Crippen LogP) is 6.91. The molecule has 42 heavy (non-hydrogen) atoms. The molecule has 3 aromatic rings. The van der Waals surface area contributed by atoms with Crippen LogP contribution in [0.15, 0.2) is 72.8 Å². The molecule has 4 rings (SSSR count). The molecule has 0 spiro atoms. The molecular formula is C31H37BF3NO5S. The van der Waals surface area contributed by atoms with E-state index in [1.54, 1.807) is 66.7 Å². The van der Waals surface area contributed by atoms with Crippen molar-refractivity contribution < 1.29 is 36.2 Å². The fourth-order valence-electron chi connectivity index (χ4n) is 4.97. The van der Waals surface area contributed by atoms with E-state index in [1.165, 1.54) is 30.3 Å². The van der Waals surface area contributed by atoms with E-state index in [0.29, 0.717) is 5.56 Å². The zero-order valence-corrected chi connectivity index (χ0v) is 25.9. The monoisotopic (exact) mass is 603 g/mol. The number of alkyl halides is 3. The minimum atomic E-state index is -5.22. The van der Waals surface area contributed by atoms with Crippen LogP contribution in [0.25, 0.3) is 10.8 Å². The Kier molecular flexibility index (Phi) is 8.49. The number of methoxy groups -OCH3 is 1. The standard InChI is InChI=1S/C31H37BF3NO5S/c1-27(2,3)42(38)36(26(37)30(39-8,31(33,34)35)24-16-10-9-11-17-24)25(32-40-28(4,5)29(6,7)41-32)23-19-18-21-14-12-13-15-22(21)20-23/h9-20,25H,1-8H3/t25-,30+,42+/m0/s1. The maximum atomic E-state index is 15.2. The number of carbonyl (C=O) groups is 1. The molecular weight excluding hydrogens is 566 g/mol. The first-order chi connectivity index (χ1) is 19.4. The summed E-state index contributed by atoms with van der Waals surface area (Å²) in [5.41, 5.74) is -5.29. The molecule has 1 amide bonds. The molecule has 6 nitrogen and oxygen atoms in total. The van der Waals surface area contributed by atoms with Crippen LogP contribution >= 0.6 is 0 Å². The van der Waals surface area contributed by atoms with Crippen LogP contribution in [0.1, 0.15) is 65.5 Å². The number of amides is 1. The summed E-state index contributed by atoms with van der Waals surface area (Å²) < 4.78 is 77.4. The fourth-order valence-corrected chi connectivity index (χ4v) is 6.27. The van der Waals surface area contributed by atoms with Gasteiger partial charge in [-0.2, -0.15) is 13.2 Å². The highest BCUT2D eigenvalue weighted by Gasteiger charge is 2.67. The summed E-state index contributed by atoms with van der Waals surface area (Å²) in [6, 6.07) is 19.4. The summed E-state index contributed by atoms with van der Waals surface area (Å²) in [6.45, 7) is 12.0. The molecule has 3 aromatic carbocycles. The molecule has 11 heteroatoms. The van der Waals surface area contributed by atoms with Gasteiger partial charge in [-0.25, -0.2) is 4.21 Å². The largest absolute Gasteiger partial charge is 0.488 e. The molecule has 0 radical (unpaired) electrons. The maximum Gasteiger partial charge on any atom is 0.488 e. The van der Waals surface area contributed by atoms with Crippen LogP contribution in [0, 0.1) is 0 Å².